The Morgan fingerprint density at radius 2 is 1.47 bits per heavy atom. The number of hydrogen-bond acceptors (Lipinski definition) is 3. The molecule has 1 aliphatic carbocycles. The molecular formula is C24H21FN2O3. The predicted octanol–water partition coefficient (Wildman–Crippen LogP) is 4.90. The lowest BCUT2D eigenvalue weighted by Crippen LogP contribution is -2.22. The summed E-state index contributed by atoms with van der Waals surface area (Å²) in [4.78, 5) is 24.1. The SMILES string of the molecule is O=C(NCc1ccc(NC(=O)C2CC2)cc1)c1ccc(Oc2ccc(F)cc2)cc1. The number of carbonyl (C=O) groups excluding carboxylic acids is 2. The zero-order valence-corrected chi connectivity index (χ0v) is 16.2. The number of ether oxygens (including phenoxy) is 1. The summed E-state index contributed by atoms with van der Waals surface area (Å²) in [5, 5.41) is 5.76. The van der Waals surface area contributed by atoms with E-state index in [-0.39, 0.29) is 23.5 Å². The molecule has 0 saturated heterocycles. The van der Waals surface area contributed by atoms with Gasteiger partial charge in [0.05, 0.1) is 0 Å². The van der Waals surface area contributed by atoms with E-state index >= 15 is 0 Å². The molecule has 4 rings (SSSR count). The normalized spacial score (nSPS) is 12.8. The second-order valence-corrected chi connectivity index (χ2v) is 7.22. The van der Waals surface area contributed by atoms with E-state index in [9.17, 15) is 14.0 Å². The number of benzene rings is 3. The monoisotopic (exact) mass is 404 g/mol. The molecular weight excluding hydrogens is 383 g/mol. The van der Waals surface area contributed by atoms with Gasteiger partial charge in [0.2, 0.25) is 5.91 Å². The lowest BCUT2D eigenvalue weighted by Gasteiger charge is -2.09. The fourth-order valence-corrected chi connectivity index (χ4v) is 2.89. The van der Waals surface area contributed by atoms with Crippen molar-refractivity contribution in [1.29, 1.82) is 0 Å². The van der Waals surface area contributed by atoms with Crippen LogP contribution >= 0.6 is 0 Å². The van der Waals surface area contributed by atoms with Gasteiger partial charge in [-0.2, -0.15) is 0 Å². The van der Waals surface area contributed by atoms with Crippen LogP contribution in [0.2, 0.25) is 0 Å². The number of hydrogen-bond donors (Lipinski definition) is 2. The largest absolute Gasteiger partial charge is 0.457 e. The summed E-state index contributed by atoms with van der Waals surface area (Å²) in [6.07, 6.45) is 1.94. The third-order valence-corrected chi connectivity index (χ3v) is 4.79. The van der Waals surface area contributed by atoms with Crippen molar-refractivity contribution in [2.75, 3.05) is 5.32 Å². The van der Waals surface area contributed by atoms with Gasteiger partial charge in [-0.25, -0.2) is 4.39 Å². The third-order valence-electron chi connectivity index (χ3n) is 4.79. The van der Waals surface area contributed by atoms with Gasteiger partial charge >= 0.3 is 0 Å². The van der Waals surface area contributed by atoms with E-state index in [1.54, 1.807) is 36.4 Å². The van der Waals surface area contributed by atoms with Crippen LogP contribution in [0.4, 0.5) is 10.1 Å². The Morgan fingerprint density at radius 3 is 2.07 bits per heavy atom. The fraction of sp³-hybridized carbons (Fsp3) is 0.167. The Balaban J connectivity index is 1.28. The van der Waals surface area contributed by atoms with Gasteiger partial charge in [0.25, 0.3) is 5.91 Å². The summed E-state index contributed by atoms with van der Waals surface area (Å²) >= 11 is 0. The van der Waals surface area contributed by atoms with E-state index in [0.717, 1.165) is 24.1 Å². The van der Waals surface area contributed by atoms with Crippen LogP contribution in [-0.4, -0.2) is 11.8 Å². The summed E-state index contributed by atoms with van der Waals surface area (Å²) in [7, 11) is 0. The fourth-order valence-electron chi connectivity index (χ4n) is 2.89. The summed E-state index contributed by atoms with van der Waals surface area (Å²) in [6.45, 7) is 0.378. The van der Waals surface area contributed by atoms with Crippen molar-refractivity contribution < 1.29 is 18.7 Å². The number of anilines is 1. The average molecular weight is 404 g/mol. The van der Waals surface area contributed by atoms with E-state index in [1.807, 2.05) is 24.3 Å². The highest BCUT2D eigenvalue weighted by Gasteiger charge is 2.29. The molecule has 1 aliphatic rings. The molecule has 1 saturated carbocycles. The van der Waals surface area contributed by atoms with Gasteiger partial charge in [-0.15, -0.1) is 0 Å². The maximum Gasteiger partial charge on any atom is 0.251 e. The van der Waals surface area contributed by atoms with Gasteiger partial charge in [-0.1, -0.05) is 12.1 Å². The van der Waals surface area contributed by atoms with E-state index < -0.39 is 0 Å². The maximum atomic E-state index is 12.9. The van der Waals surface area contributed by atoms with Crippen molar-refractivity contribution in [2.24, 2.45) is 5.92 Å². The number of rotatable bonds is 7. The summed E-state index contributed by atoms with van der Waals surface area (Å²) in [6, 6.07) is 19.9. The first kappa shape index (κ1) is 19.6. The minimum atomic E-state index is -0.327. The Bertz CT molecular complexity index is 1030. The van der Waals surface area contributed by atoms with Crippen LogP contribution in [0.25, 0.3) is 0 Å². The van der Waals surface area contributed by atoms with Crippen molar-refractivity contribution in [3.63, 3.8) is 0 Å². The Labute approximate surface area is 173 Å². The first-order chi connectivity index (χ1) is 14.6. The van der Waals surface area contributed by atoms with Crippen molar-refractivity contribution >= 4 is 17.5 Å². The average Bonchev–Trinajstić information content (AvgIpc) is 3.61. The topological polar surface area (TPSA) is 67.4 Å². The van der Waals surface area contributed by atoms with Crippen LogP contribution in [0, 0.1) is 11.7 Å². The van der Waals surface area contributed by atoms with Gasteiger partial charge < -0.3 is 15.4 Å². The van der Waals surface area contributed by atoms with E-state index in [2.05, 4.69) is 10.6 Å². The van der Waals surface area contributed by atoms with Crippen molar-refractivity contribution in [3.05, 3.63) is 89.7 Å². The smallest absolute Gasteiger partial charge is 0.251 e. The highest BCUT2D eigenvalue weighted by atomic mass is 19.1. The molecule has 0 unspecified atom stereocenters. The lowest BCUT2D eigenvalue weighted by molar-refractivity contribution is -0.117. The molecule has 3 aromatic rings. The van der Waals surface area contributed by atoms with Gasteiger partial charge in [-0.05, 0) is 79.1 Å². The Kier molecular flexibility index (Phi) is 5.75. The molecule has 0 aromatic heterocycles. The molecule has 0 heterocycles. The molecule has 6 heteroatoms. The highest BCUT2D eigenvalue weighted by molar-refractivity contribution is 5.94. The van der Waals surface area contributed by atoms with Crippen LogP contribution in [0.5, 0.6) is 11.5 Å². The molecule has 1 fully saturated rings. The summed E-state index contributed by atoms with van der Waals surface area (Å²) in [5.74, 6) is 0.785. The molecule has 5 nitrogen and oxygen atoms in total. The van der Waals surface area contributed by atoms with Crippen molar-refractivity contribution in [2.45, 2.75) is 19.4 Å². The first-order valence-electron chi connectivity index (χ1n) is 9.78. The number of halogens is 1. The van der Waals surface area contributed by atoms with Crippen LogP contribution in [0.3, 0.4) is 0 Å². The molecule has 3 aromatic carbocycles. The quantitative estimate of drug-likeness (QED) is 0.589. The summed E-state index contributed by atoms with van der Waals surface area (Å²) < 4.78 is 18.6. The molecule has 0 aliphatic heterocycles. The number of nitrogens with one attached hydrogen (secondary N) is 2. The molecule has 0 spiro atoms. The summed E-state index contributed by atoms with van der Waals surface area (Å²) in [5.41, 5.74) is 2.21. The van der Waals surface area contributed by atoms with E-state index in [0.29, 0.717) is 23.6 Å². The molecule has 0 radical (unpaired) electrons. The van der Waals surface area contributed by atoms with E-state index in [1.165, 1.54) is 12.1 Å². The molecule has 30 heavy (non-hydrogen) atoms. The Hall–Kier alpha value is -3.67. The predicted molar refractivity (Wildman–Crippen MR) is 112 cm³/mol. The van der Waals surface area contributed by atoms with Gasteiger partial charge in [0.15, 0.2) is 0 Å². The van der Waals surface area contributed by atoms with Crippen molar-refractivity contribution in [1.82, 2.24) is 5.32 Å². The highest BCUT2D eigenvalue weighted by Crippen LogP contribution is 2.30. The zero-order valence-electron chi connectivity index (χ0n) is 16.2. The van der Waals surface area contributed by atoms with E-state index in [4.69, 9.17) is 4.74 Å². The first-order valence-corrected chi connectivity index (χ1v) is 9.78. The minimum absolute atomic E-state index is 0.0721. The molecule has 152 valence electrons. The molecule has 0 atom stereocenters. The second kappa shape index (κ2) is 8.78. The van der Waals surface area contributed by atoms with Crippen molar-refractivity contribution in [3.8, 4) is 11.5 Å². The Morgan fingerprint density at radius 1 is 0.867 bits per heavy atom. The van der Waals surface area contributed by atoms with Gasteiger partial charge in [0.1, 0.15) is 17.3 Å². The van der Waals surface area contributed by atoms with Gasteiger partial charge in [-0.3, -0.25) is 9.59 Å². The minimum Gasteiger partial charge on any atom is -0.457 e. The third kappa shape index (κ3) is 5.23. The van der Waals surface area contributed by atoms with Gasteiger partial charge in [0, 0.05) is 23.7 Å². The molecule has 2 N–H and O–H groups in total. The lowest BCUT2D eigenvalue weighted by atomic mass is 10.1. The number of amides is 2. The van der Waals surface area contributed by atoms with Crippen LogP contribution in [0.1, 0.15) is 28.8 Å². The standard InChI is InChI=1S/C24H21FN2O3/c25-19-7-13-22(14-8-19)30-21-11-5-17(6-12-21)23(28)26-15-16-1-9-20(10-2-16)27-24(29)18-3-4-18/h1-2,5-14,18H,3-4,15H2,(H,26,28)(H,27,29). The van der Waals surface area contributed by atoms with Crippen LogP contribution in [-0.2, 0) is 11.3 Å². The zero-order chi connectivity index (χ0) is 20.9. The van der Waals surface area contributed by atoms with Crippen LogP contribution < -0.4 is 15.4 Å². The maximum absolute atomic E-state index is 12.9. The molecule has 0 bridgehead atoms. The van der Waals surface area contributed by atoms with Crippen LogP contribution in [0.15, 0.2) is 72.8 Å². The second-order valence-electron chi connectivity index (χ2n) is 7.22. The number of carbonyl (C=O) groups is 2. The molecule has 2 amide bonds.